The summed E-state index contributed by atoms with van der Waals surface area (Å²) in [4.78, 5) is 28.0. The zero-order chi connectivity index (χ0) is 26.4. The SMILES string of the molecule is Cc1cc(-c2ccncn2)cc2c1-c1nc3c(nc1C2(C)C)-c1c(C)cc(-c2ccncn2)cc1C3(C)C. The quantitative estimate of drug-likeness (QED) is 0.273. The highest BCUT2D eigenvalue weighted by Gasteiger charge is 2.45. The van der Waals surface area contributed by atoms with Gasteiger partial charge < -0.3 is 0 Å². The summed E-state index contributed by atoms with van der Waals surface area (Å²) in [5.41, 5.74) is 14.8. The van der Waals surface area contributed by atoms with Gasteiger partial charge in [-0.25, -0.2) is 29.9 Å². The maximum Gasteiger partial charge on any atom is 0.116 e. The van der Waals surface area contributed by atoms with E-state index in [1.165, 1.54) is 33.4 Å². The minimum absolute atomic E-state index is 0.289. The summed E-state index contributed by atoms with van der Waals surface area (Å²) < 4.78 is 0. The number of nitrogens with zero attached hydrogens (tertiary/aromatic N) is 6. The summed E-state index contributed by atoms with van der Waals surface area (Å²) in [5, 5.41) is 0. The van der Waals surface area contributed by atoms with Crippen LogP contribution in [0.4, 0.5) is 0 Å². The lowest BCUT2D eigenvalue weighted by Gasteiger charge is -2.22. The van der Waals surface area contributed by atoms with Gasteiger partial charge in [0.05, 0.1) is 34.2 Å². The second-order valence-corrected chi connectivity index (χ2v) is 11.5. The second-order valence-electron chi connectivity index (χ2n) is 11.5. The van der Waals surface area contributed by atoms with Gasteiger partial charge in [0.1, 0.15) is 12.7 Å². The van der Waals surface area contributed by atoms with E-state index >= 15 is 0 Å². The Morgan fingerprint density at radius 2 is 1.00 bits per heavy atom. The molecule has 0 radical (unpaired) electrons. The smallest absolute Gasteiger partial charge is 0.116 e. The first kappa shape index (κ1) is 22.8. The summed E-state index contributed by atoms with van der Waals surface area (Å²) in [6.07, 6.45) is 6.78. The number of benzene rings is 2. The first-order chi connectivity index (χ1) is 18.2. The Balaban J connectivity index is 1.44. The summed E-state index contributed by atoms with van der Waals surface area (Å²) in [6.45, 7) is 13.4. The molecule has 0 unspecified atom stereocenters. The van der Waals surface area contributed by atoms with Crippen molar-refractivity contribution in [1.29, 1.82) is 0 Å². The largest absolute Gasteiger partial charge is 0.248 e. The molecule has 0 spiro atoms. The molecule has 186 valence electrons. The van der Waals surface area contributed by atoms with Crippen LogP contribution in [0.2, 0.25) is 0 Å². The molecule has 5 aromatic rings. The highest BCUT2D eigenvalue weighted by atomic mass is 14.9. The van der Waals surface area contributed by atoms with E-state index in [4.69, 9.17) is 9.97 Å². The number of hydrogen-bond donors (Lipinski definition) is 0. The standard InChI is InChI=1S/C32H28N6/c1-17-11-19(23-7-9-33-15-35-23)13-21-25(17)27-29(31(21,3)4)38-28-26-18(2)12-20(24-8-10-34-16-36-24)14-22(26)32(5,6)30(28)37-27/h7-16H,1-6H3. The third-order valence-electron chi connectivity index (χ3n) is 8.33. The van der Waals surface area contributed by atoms with Crippen LogP contribution in [-0.4, -0.2) is 29.9 Å². The molecule has 7 rings (SSSR count). The molecule has 6 heteroatoms. The molecule has 0 amide bonds. The van der Waals surface area contributed by atoms with Crippen molar-refractivity contribution in [2.24, 2.45) is 0 Å². The molecule has 2 aromatic carbocycles. The van der Waals surface area contributed by atoms with Crippen LogP contribution in [0.5, 0.6) is 0 Å². The molecule has 0 saturated carbocycles. The van der Waals surface area contributed by atoms with E-state index in [1.54, 1.807) is 25.0 Å². The lowest BCUT2D eigenvalue weighted by Crippen LogP contribution is -2.20. The predicted molar refractivity (Wildman–Crippen MR) is 149 cm³/mol. The summed E-state index contributed by atoms with van der Waals surface area (Å²) in [7, 11) is 0. The van der Waals surface area contributed by atoms with E-state index in [9.17, 15) is 0 Å². The minimum atomic E-state index is -0.289. The van der Waals surface area contributed by atoms with Crippen molar-refractivity contribution in [2.45, 2.75) is 52.4 Å². The van der Waals surface area contributed by atoms with Gasteiger partial charge in [0.25, 0.3) is 0 Å². The van der Waals surface area contributed by atoms with Gasteiger partial charge in [-0.1, -0.05) is 27.7 Å². The second kappa shape index (κ2) is 7.60. The van der Waals surface area contributed by atoms with Crippen molar-refractivity contribution in [1.82, 2.24) is 29.9 Å². The molecule has 0 atom stereocenters. The van der Waals surface area contributed by atoms with Crippen LogP contribution < -0.4 is 0 Å². The van der Waals surface area contributed by atoms with Crippen LogP contribution >= 0.6 is 0 Å². The molecule has 6 nitrogen and oxygen atoms in total. The van der Waals surface area contributed by atoms with Gasteiger partial charge in [0.2, 0.25) is 0 Å². The van der Waals surface area contributed by atoms with Crippen molar-refractivity contribution >= 4 is 0 Å². The molecule has 0 fully saturated rings. The molecule has 0 bridgehead atoms. The number of fused-ring (bicyclic) bond motifs is 6. The van der Waals surface area contributed by atoms with Crippen LogP contribution in [-0.2, 0) is 10.8 Å². The number of aryl methyl sites for hydroxylation is 2. The first-order valence-corrected chi connectivity index (χ1v) is 12.9. The van der Waals surface area contributed by atoms with Gasteiger partial charge in [-0.15, -0.1) is 0 Å². The molecule has 0 aliphatic heterocycles. The Morgan fingerprint density at radius 3 is 1.37 bits per heavy atom. The fourth-order valence-corrected chi connectivity index (χ4v) is 6.32. The molecule has 2 aliphatic rings. The lowest BCUT2D eigenvalue weighted by atomic mass is 9.83. The maximum absolute atomic E-state index is 5.43. The maximum atomic E-state index is 5.43. The average molecular weight is 497 g/mol. The van der Waals surface area contributed by atoms with Crippen molar-refractivity contribution in [3.8, 4) is 45.0 Å². The molecule has 0 N–H and O–H groups in total. The van der Waals surface area contributed by atoms with Crippen molar-refractivity contribution < 1.29 is 0 Å². The molecular formula is C32H28N6. The van der Waals surface area contributed by atoms with E-state index in [-0.39, 0.29) is 10.8 Å². The van der Waals surface area contributed by atoms with Gasteiger partial charge in [-0.2, -0.15) is 0 Å². The minimum Gasteiger partial charge on any atom is -0.248 e. The van der Waals surface area contributed by atoms with E-state index < -0.39 is 0 Å². The number of rotatable bonds is 2. The summed E-state index contributed by atoms with van der Waals surface area (Å²) in [6, 6.07) is 12.9. The Kier molecular flexibility index (Phi) is 4.57. The van der Waals surface area contributed by atoms with Crippen LogP contribution in [0.1, 0.15) is 61.3 Å². The number of aromatic nitrogens is 6. The van der Waals surface area contributed by atoms with Gasteiger partial charge >= 0.3 is 0 Å². The van der Waals surface area contributed by atoms with E-state index in [2.05, 4.69) is 85.7 Å². The zero-order valence-electron chi connectivity index (χ0n) is 22.5. The summed E-state index contributed by atoms with van der Waals surface area (Å²) >= 11 is 0. The fourth-order valence-electron chi connectivity index (χ4n) is 6.32. The van der Waals surface area contributed by atoms with Crippen LogP contribution in [0.15, 0.2) is 61.4 Å². The summed E-state index contributed by atoms with van der Waals surface area (Å²) in [5.74, 6) is 0. The Bertz CT molecular complexity index is 1640. The molecule has 38 heavy (non-hydrogen) atoms. The molecule has 2 aliphatic carbocycles. The molecular weight excluding hydrogens is 468 g/mol. The third-order valence-corrected chi connectivity index (χ3v) is 8.33. The third kappa shape index (κ3) is 3.00. The normalized spacial score (nSPS) is 15.5. The lowest BCUT2D eigenvalue weighted by molar-refractivity contribution is 0.617. The van der Waals surface area contributed by atoms with E-state index in [0.29, 0.717) is 0 Å². The van der Waals surface area contributed by atoms with Gasteiger partial charge in [-0.3, -0.25) is 0 Å². The van der Waals surface area contributed by atoms with Crippen molar-refractivity contribution in [3.05, 3.63) is 95.1 Å². The molecule has 0 saturated heterocycles. The van der Waals surface area contributed by atoms with Gasteiger partial charge in [-0.05, 0) is 72.5 Å². The average Bonchev–Trinajstić information content (AvgIpc) is 3.28. The highest BCUT2D eigenvalue weighted by Crippen LogP contribution is 2.55. The Hall–Kier alpha value is -4.32. The topological polar surface area (TPSA) is 77.3 Å². The first-order valence-electron chi connectivity index (χ1n) is 12.9. The van der Waals surface area contributed by atoms with E-state index in [1.807, 2.05) is 12.1 Å². The molecule has 3 heterocycles. The monoisotopic (exact) mass is 496 g/mol. The number of hydrogen-bond acceptors (Lipinski definition) is 6. The molecule has 3 aromatic heterocycles. The van der Waals surface area contributed by atoms with Crippen LogP contribution in [0.3, 0.4) is 0 Å². The fraction of sp³-hybridized carbons (Fsp3) is 0.250. The zero-order valence-corrected chi connectivity index (χ0v) is 22.5. The Labute approximate surface area is 222 Å². The van der Waals surface area contributed by atoms with Gasteiger partial charge in [0, 0.05) is 45.5 Å². The van der Waals surface area contributed by atoms with Crippen molar-refractivity contribution in [2.75, 3.05) is 0 Å². The van der Waals surface area contributed by atoms with Crippen LogP contribution in [0.25, 0.3) is 45.0 Å². The predicted octanol–water partition coefficient (Wildman–Crippen LogP) is 6.62. The van der Waals surface area contributed by atoms with Crippen molar-refractivity contribution in [3.63, 3.8) is 0 Å². The van der Waals surface area contributed by atoms with Crippen LogP contribution in [0, 0.1) is 13.8 Å². The highest BCUT2D eigenvalue weighted by molar-refractivity contribution is 5.87. The Morgan fingerprint density at radius 1 is 0.579 bits per heavy atom. The van der Waals surface area contributed by atoms with Gasteiger partial charge in [0.15, 0.2) is 0 Å². The van der Waals surface area contributed by atoms with E-state index in [0.717, 1.165) is 45.3 Å².